The van der Waals surface area contributed by atoms with Gasteiger partial charge in [-0.05, 0) is 31.9 Å². The van der Waals surface area contributed by atoms with Crippen molar-refractivity contribution in [3.05, 3.63) is 23.9 Å². The molecule has 1 fully saturated rings. The predicted molar refractivity (Wildman–Crippen MR) is 65.9 cm³/mol. The molecule has 1 aromatic rings. The maximum atomic E-state index is 12.6. The van der Waals surface area contributed by atoms with Crippen LogP contribution in [0.25, 0.3) is 0 Å². The first-order valence-electron chi connectivity index (χ1n) is 6.35. The number of aliphatic hydroxyl groups is 1. The third-order valence-electron chi connectivity index (χ3n) is 3.49. The zero-order valence-corrected chi connectivity index (χ0v) is 10.7. The highest BCUT2D eigenvalue weighted by Crippen LogP contribution is 2.30. The molecule has 6 heteroatoms. The van der Waals surface area contributed by atoms with Crippen LogP contribution in [0.1, 0.15) is 25.5 Å². The van der Waals surface area contributed by atoms with Crippen molar-refractivity contribution in [3.8, 4) is 0 Å². The van der Waals surface area contributed by atoms with Gasteiger partial charge >= 0.3 is 6.18 Å². The summed E-state index contributed by atoms with van der Waals surface area (Å²) in [6.45, 7) is 2.94. The summed E-state index contributed by atoms with van der Waals surface area (Å²) in [6, 6.07) is 3.93. The van der Waals surface area contributed by atoms with E-state index in [0.717, 1.165) is 18.9 Å². The van der Waals surface area contributed by atoms with Gasteiger partial charge in [0.2, 0.25) is 0 Å². The third kappa shape index (κ3) is 3.37. The Balaban J connectivity index is 2.17. The molecule has 0 amide bonds. The van der Waals surface area contributed by atoms with Crippen molar-refractivity contribution >= 4 is 5.82 Å². The summed E-state index contributed by atoms with van der Waals surface area (Å²) in [5.74, 6) is 0.422. The number of alkyl halides is 3. The van der Waals surface area contributed by atoms with Gasteiger partial charge in [-0.3, -0.25) is 0 Å². The van der Waals surface area contributed by atoms with E-state index in [1.807, 2.05) is 4.90 Å². The molecule has 3 nitrogen and oxygen atoms in total. The molecule has 0 aromatic carbocycles. The van der Waals surface area contributed by atoms with Gasteiger partial charge in [0, 0.05) is 19.0 Å². The Morgan fingerprint density at radius 3 is 2.79 bits per heavy atom. The summed E-state index contributed by atoms with van der Waals surface area (Å²) in [5.41, 5.74) is -0.871. The van der Waals surface area contributed by atoms with Gasteiger partial charge < -0.3 is 10.0 Å². The molecule has 0 bridgehead atoms. The first-order valence-corrected chi connectivity index (χ1v) is 6.35. The normalized spacial score (nSPS) is 22.4. The topological polar surface area (TPSA) is 36.4 Å². The molecule has 1 N–H and O–H groups in total. The molecule has 2 rings (SSSR count). The summed E-state index contributed by atoms with van der Waals surface area (Å²) in [4.78, 5) is 5.50. The summed E-state index contributed by atoms with van der Waals surface area (Å²) < 4.78 is 37.9. The van der Waals surface area contributed by atoms with Crippen molar-refractivity contribution < 1.29 is 18.3 Å². The van der Waals surface area contributed by atoms with Crippen molar-refractivity contribution in [2.45, 2.75) is 32.0 Å². The minimum absolute atomic E-state index is 0.0880. The molecule has 1 aliphatic heterocycles. The van der Waals surface area contributed by atoms with Crippen LogP contribution in [0.4, 0.5) is 19.0 Å². The molecule has 0 saturated carbocycles. The van der Waals surface area contributed by atoms with Gasteiger partial charge in [0.05, 0.1) is 6.10 Å². The number of hydrogen-bond acceptors (Lipinski definition) is 3. The lowest BCUT2D eigenvalue weighted by molar-refractivity contribution is -0.141. The van der Waals surface area contributed by atoms with Crippen LogP contribution in [-0.4, -0.2) is 29.3 Å². The Labute approximate surface area is 110 Å². The second kappa shape index (κ2) is 5.36. The van der Waals surface area contributed by atoms with E-state index in [4.69, 9.17) is 0 Å². The standard InChI is InChI=1S/C13H17F3N2O/c1-9(19)10-4-3-7-18(8-10)12-6-2-5-11(17-12)13(14,15)16/h2,5-6,9-10,19H,3-4,7-8H2,1H3. The highest BCUT2D eigenvalue weighted by Gasteiger charge is 2.33. The monoisotopic (exact) mass is 274 g/mol. The number of aromatic nitrogens is 1. The Kier molecular flexibility index (Phi) is 3.99. The SMILES string of the molecule is CC(O)C1CCCN(c2cccc(C(F)(F)F)n2)C1. The Hall–Kier alpha value is -1.30. The van der Waals surface area contributed by atoms with Gasteiger partial charge in [0.25, 0.3) is 0 Å². The largest absolute Gasteiger partial charge is 0.433 e. The molecule has 106 valence electrons. The van der Waals surface area contributed by atoms with Crippen LogP contribution in [0, 0.1) is 5.92 Å². The lowest BCUT2D eigenvalue weighted by Gasteiger charge is -2.35. The molecule has 19 heavy (non-hydrogen) atoms. The fraction of sp³-hybridized carbons (Fsp3) is 0.615. The van der Waals surface area contributed by atoms with E-state index >= 15 is 0 Å². The lowest BCUT2D eigenvalue weighted by Crippen LogP contribution is -2.40. The molecular weight excluding hydrogens is 257 g/mol. The summed E-state index contributed by atoms with van der Waals surface area (Å²) in [7, 11) is 0. The molecule has 0 aliphatic carbocycles. The second-order valence-electron chi connectivity index (χ2n) is 4.97. The minimum atomic E-state index is -4.42. The predicted octanol–water partition coefficient (Wildman–Crippen LogP) is 2.70. The van der Waals surface area contributed by atoms with E-state index in [-0.39, 0.29) is 5.92 Å². The van der Waals surface area contributed by atoms with E-state index in [2.05, 4.69) is 4.98 Å². The van der Waals surface area contributed by atoms with Gasteiger partial charge in [-0.1, -0.05) is 6.07 Å². The Bertz CT molecular complexity index is 434. The van der Waals surface area contributed by atoms with E-state index in [0.29, 0.717) is 18.9 Å². The minimum Gasteiger partial charge on any atom is -0.393 e. The maximum Gasteiger partial charge on any atom is 0.433 e. The highest BCUT2D eigenvalue weighted by atomic mass is 19.4. The molecule has 1 aliphatic rings. The first-order chi connectivity index (χ1) is 8.88. The average molecular weight is 274 g/mol. The molecule has 0 radical (unpaired) electrons. The van der Waals surface area contributed by atoms with Crippen LogP contribution in [-0.2, 0) is 6.18 Å². The van der Waals surface area contributed by atoms with E-state index in [1.165, 1.54) is 6.07 Å². The summed E-state index contributed by atoms with van der Waals surface area (Å²) >= 11 is 0. The molecule has 2 unspecified atom stereocenters. The molecule has 1 saturated heterocycles. The highest BCUT2D eigenvalue weighted by molar-refractivity contribution is 5.40. The van der Waals surface area contributed by atoms with E-state index in [1.54, 1.807) is 13.0 Å². The molecular formula is C13H17F3N2O. The maximum absolute atomic E-state index is 12.6. The van der Waals surface area contributed by atoms with Crippen LogP contribution in [0.15, 0.2) is 18.2 Å². The number of nitrogens with zero attached hydrogens (tertiary/aromatic N) is 2. The van der Waals surface area contributed by atoms with Crippen LogP contribution < -0.4 is 4.90 Å². The summed E-state index contributed by atoms with van der Waals surface area (Å²) in [6.07, 6.45) is -3.12. The molecule has 0 spiro atoms. The number of halogens is 3. The van der Waals surface area contributed by atoms with Crippen LogP contribution >= 0.6 is 0 Å². The van der Waals surface area contributed by atoms with Crippen molar-refractivity contribution in [2.24, 2.45) is 5.92 Å². The molecule has 1 aromatic heterocycles. The average Bonchev–Trinajstić information content (AvgIpc) is 2.38. The van der Waals surface area contributed by atoms with Gasteiger partial charge in [0.1, 0.15) is 11.5 Å². The smallest absolute Gasteiger partial charge is 0.393 e. The zero-order chi connectivity index (χ0) is 14.0. The van der Waals surface area contributed by atoms with Gasteiger partial charge in [-0.25, -0.2) is 4.98 Å². The number of piperidine rings is 1. The number of hydrogen-bond donors (Lipinski definition) is 1. The van der Waals surface area contributed by atoms with Crippen molar-refractivity contribution in [3.63, 3.8) is 0 Å². The molecule has 2 heterocycles. The van der Waals surface area contributed by atoms with Crippen LogP contribution in [0.2, 0.25) is 0 Å². The lowest BCUT2D eigenvalue weighted by atomic mass is 9.93. The Morgan fingerprint density at radius 1 is 1.42 bits per heavy atom. The van der Waals surface area contributed by atoms with Gasteiger partial charge in [0.15, 0.2) is 0 Å². The number of rotatable bonds is 2. The van der Waals surface area contributed by atoms with Crippen LogP contribution in [0.5, 0.6) is 0 Å². The van der Waals surface area contributed by atoms with Crippen molar-refractivity contribution in [1.29, 1.82) is 0 Å². The van der Waals surface area contributed by atoms with Crippen molar-refractivity contribution in [2.75, 3.05) is 18.0 Å². The Morgan fingerprint density at radius 2 is 2.16 bits per heavy atom. The molecule has 2 atom stereocenters. The van der Waals surface area contributed by atoms with Crippen molar-refractivity contribution in [1.82, 2.24) is 4.98 Å². The van der Waals surface area contributed by atoms with E-state index in [9.17, 15) is 18.3 Å². The van der Waals surface area contributed by atoms with Gasteiger partial charge in [-0.2, -0.15) is 13.2 Å². The zero-order valence-electron chi connectivity index (χ0n) is 10.7. The number of pyridine rings is 1. The number of anilines is 1. The van der Waals surface area contributed by atoms with Gasteiger partial charge in [-0.15, -0.1) is 0 Å². The number of aliphatic hydroxyl groups excluding tert-OH is 1. The quantitative estimate of drug-likeness (QED) is 0.900. The van der Waals surface area contributed by atoms with E-state index < -0.39 is 18.0 Å². The van der Waals surface area contributed by atoms with Crippen LogP contribution in [0.3, 0.4) is 0 Å². The first kappa shape index (κ1) is 14.1. The third-order valence-corrected chi connectivity index (χ3v) is 3.49. The second-order valence-corrected chi connectivity index (χ2v) is 4.97. The summed E-state index contributed by atoms with van der Waals surface area (Å²) in [5, 5.41) is 9.60. The fourth-order valence-electron chi connectivity index (χ4n) is 2.37. The fourth-order valence-corrected chi connectivity index (χ4v) is 2.37.